The molecular formula is C62H76N4O19. The molecule has 6 N–H and O–H groups in total. The number of likely N-dealkylation sites (N-methyl/N-ethyl adjacent to an activating group) is 1. The van der Waals surface area contributed by atoms with E-state index in [-0.39, 0.29) is 72.8 Å². The zero-order valence-corrected chi connectivity index (χ0v) is 49.0. The van der Waals surface area contributed by atoms with Gasteiger partial charge in [0, 0.05) is 63.6 Å². The van der Waals surface area contributed by atoms with Crippen molar-refractivity contribution in [3.63, 3.8) is 0 Å². The highest BCUT2D eigenvalue weighted by molar-refractivity contribution is 5.97. The maximum absolute atomic E-state index is 15.9. The van der Waals surface area contributed by atoms with E-state index >= 15 is 9.59 Å². The number of Topliss-reactive ketones (excluding diaryl/α,β-unsaturated/α-hetero) is 2. The Morgan fingerprint density at radius 2 is 1.38 bits per heavy atom. The highest BCUT2D eigenvalue weighted by atomic mass is 16.6. The van der Waals surface area contributed by atoms with Gasteiger partial charge in [-0.2, -0.15) is 0 Å². The first-order chi connectivity index (χ1) is 40.3. The van der Waals surface area contributed by atoms with Crippen molar-refractivity contribution in [3.8, 4) is 0 Å². The molecule has 1 saturated heterocycles. The molecule has 3 aliphatic carbocycles. The summed E-state index contributed by atoms with van der Waals surface area (Å²) >= 11 is 0. The van der Waals surface area contributed by atoms with Gasteiger partial charge >= 0.3 is 29.8 Å². The van der Waals surface area contributed by atoms with Crippen LogP contribution in [-0.2, 0) is 71.5 Å². The van der Waals surface area contributed by atoms with Crippen LogP contribution in [0.5, 0.6) is 0 Å². The van der Waals surface area contributed by atoms with Gasteiger partial charge in [-0.15, -0.1) is 0 Å². The summed E-state index contributed by atoms with van der Waals surface area (Å²) in [7, 11) is 1.78. The van der Waals surface area contributed by atoms with Gasteiger partial charge in [-0.1, -0.05) is 80.6 Å². The van der Waals surface area contributed by atoms with Gasteiger partial charge in [-0.25, -0.2) is 9.59 Å². The second-order valence-corrected chi connectivity index (χ2v) is 22.7. The van der Waals surface area contributed by atoms with Crippen LogP contribution in [0.1, 0.15) is 119 Å². The van der Waals surface area contributed by atoms with Crippen LogP contribution in [0.3, 0.4) is 0 Å². The summed E-state index contributed by atoms with van der Waals surface area (Å²) in [6, 6.07) is 20.9. The third-order valence-electron chi connectivity index (χ3n) is 16.8. The third kappa shape index (κ3) is 14.0. The molecule has 4 aliphatic rings. The van der Waals surface area contributed by atoms with Crippen LogP contribution in [0.15, 0.2) is 102 Å². The van der Waals surface area contributed by atoms with E-state index in [0.717, 1.165) is 13.8 Å². The Morgan fingerprint density at radius 3 is 1.96 bits per heavy atom. The summed E-state index contributed by atoms with van der Waals surface area (Å²) in [5.74, 6) is -10.2. The lowest BCUT2D eigenvalue weighted by Gasteiger charge is -2.67. The Labute approximate surface area is 492 Å². The smallest absolute Gasteiger partial charge is 0.350 e. The molecule has 23 nitrogen and oxygen atoms in total. The molecule has 1 heterocycles. The lowest BCUT2D eigenvalue weighted by Crippen LogP contribution is -2.82. The van der Waals surface area contributed by atoms with Crippen molar-refractivity contribution in [2.45, 2.75) is 147 Å². The topological polar surface area (TPSA) is 324 Å². The molecule has 3 aromatic rings. The SMILES string of the molecule is CNCCOCCNC(=O)CCC(NC(=O)CCC(=O)O[C@@H](C(=O)O[C@H]1C[C@@]2(O)[C@@H](OC(=O)c3ccccc3)[C@@H]3[C@]4(OC(C)=O)CO[C@@H]4C[C@H](O)[C@@]3(C)C(=O)[C@H](OC(C)=O)C(=C1C)C2(C)C)[C@@H](NC(=O)c1ccccc1)c1ccccc1)C(C)=O. The van der Waals surface area contributed by atoms with Crippen LogP contribution in [0.25, 0.3) is 0 Å². The molecule has 12 atom stereocenters. The zero-order chi connectivity index (χ0) is 62.0. The quantitative estimate of drug-likeness (QED) is 0.0307. The molecule has 458 valence electrons. The lowest BCUT2D eigenvalue weighted by atomic mass is 9.44. The number of hydrogen-bond acceptors (Lipinski definition) is 20. The molecule has 23 heteroatoms. The van der Waals surface area contributed by atoms with Crippen LogP contribution in [0.2, 0.25) is 0 Å². The maximum Gasteiger partial charge on any atom is 0.350 e. The minimum atomic E-state index is -2.55. The number of benzene rings is 3. The summed E-state index contributed by atoms with van der Waals surface area (Å²) in [6.45, 7) is 10.4. The molecule has 3 aromatic carbocycles. The molecule has 7 rings (SSSR count). The van der Waals surface area contributed by atoms with Crippen LogP contribution in [0, 0.1) is 16.7 Å². The van der Waals surface area contributed by atoms with Gasteiger partial charge in [0.25, 0.3) is 5.91 Å². The van der Waals surface area contributed by atoms with Crippen molar-refractivity contribution in [1.29, 1.82) is 0 Å². The Morgan fingerprint density at radius 1 is 0.753 bits per heavy atom. The average molecular weight is 1180 g/mol. The fourth-order valence-electron chi connectivity index (χ4n) is 12.2. The van der Waals surface area contributed by atoms with E-state index in [1.165, 1.54) is 58.9 Å². The first-order valence-corrected chi connectivity index (χ1v) is 28.3. The van der Waals surface area contributed by atoms with Crippen molar-refractivity contribution in [3.05, 3.63) is 119 Å². The van der Waals surface area contributed by atoms with Gasteiger partial charge in [0.2, 0.25) is 17.9 Å². The number of ether oxygens (including phenoxy) is 7. The number of nitrogens with one attached hydrogen (secondary N) is 4. The van der Waals surface area contributed by atoms with E-state index < -0.39 is 149 Å². The maximum atomic E-state index is 15.9. The van der Waals surface area contributed by atoms with Crippen molar-refractivity contribution in [2.24, 2.45) is 16.7 Å². The minimum absolute atomic E-state index is 0.00465. The largest absolute Gasteiger partial charge is 0.455 e. The first-order valence-electron chi connectivity index (χ1n) is 28.3. The van der Waals surface area contributed by atoms with Crippen LogP contribution < -0.4 is 21.3 Å². The van der Waals surface area contributed by atoms with Gasteiger partial charge in [-0.3, -0.25) is 38.4 Å². The number of ketones is 2. The second-order valence-electron chi connectivity index (χ2n) is 22.7. The monoisotopic (exact) mass is 1180 g/mol. The predicted octanol–water partition coefficient (Wildman–Crippen LogP) is 3.27. The van der Waals surface area contributed by atoms with Crippen LogP contribution >= 0.6 is 0 Å². The van der Waals surface area contributed by atoms with Gasteiger partial charge in [0.05, 0.1) is 55.3 Å². The Balaban J connectivity index is 1.28. The highest BCUT2D eigenvalue weighted by Crippen LogP contribution is 2.64. The Hall–Kier alpha value is -7.70. The average Bonchev–Trinajstić information content (AvgIpc) is 0.781. The molecule has 0 radical (unpaired) electrons. The molecule has 2 saturated carbocycles. The molecule has 0 aromatic heterocycles. The molecule has 85 heavy (non-hydrogen) atoms. The van der Waals surface area contributed by atoms with Crippen LogP contribution in [0.4, 0.5) is 0 Å². The molecule has 3 fully saturated rings. The van der Waals surface area contributed by atoms with Crippen molar-refractivity contribution >= 4 is 59.1 Å². The number of amides is 3. The molecule has 0 spiro atoms. The number of fused-ring (bicyclic) bond motifs is 5. The number of hydrogen-bond donors (Lipinski definition) is 6. The van der Waals surface area contributed by atoms with Gasteiger partial charge in [-0.05, 0) is 75.2 Å². The minimum Gasteiger partial charge on any atom is -0.455 e. The Bertz CT molecular complexity index is 3010. The van der Waals surface area contributed by atoms with Gasteiger partial charge in [0.1, 0.15) is 30.0 Å². The van der Waals surface area contributed by atoms with Crippen molar-refractivity contribution in [1.82, 2.24) is 21.3 Å². The summed E-state index contributed by atoms with van der Waals surface area (Å²) in [5.41, 5.74) is -8.05. The number of aliphatic hydroxyl groups excluding tert-OH is 1. The number of carbonyl (C=O) groups excluding carboxylic acids is 10. The van der Waals surface area contributed by atoms with Gasteiger partial charge < -0.3 is 64.6 Å². The van der Waals surface area contributed by atoms with Crippen molar-refractivity contribution < 1.29 is 91.3 Å². The number of carbonyl (C=O) groups is 10. The third-order valence-corrected chi connectivity index (χ3v) is 16.8. The van der Waals surface area contributed by atoms with E-state index in [1.54, 1.807) is 73.8 Å². The van der Waals surface area contributed by atoms with Gasteiger partial charge in [0.15, 0.2) is 23.3 Å². The predicted molar refractivity (Wildman–Crippen MR) is 300 cm³/mol. The fourth-order valence-corrected chi connectivity index (χ4v) is 12.2. The Kier molecular flexibility index (Phi) is 21.0. The number of esters is 5. The highest BCUT2D eigenvalue weighted by Gasteiger charge is 2.78. The first kappa shape index (κ1) is 64.9. The molecule has 3 amide bonds. The van der Waals surface area contributed by atoms with Crippen molar-refractivity contribution in [2.75, 3.05) is 40.0 Å². The van der Waals surface area contributed by atoms with E-state index in [0.29, 0.717) is 13.2 Å². The van der Waals surface area contributed by atoms with Crippen LogP contribution in [-0.4, -0.2) is 163 Å². The number of aliphatic hydroxyl groups is 2. The molecule has 1 aliphatic heterocycles. The standard InChI is InChI=1S/C62H76N4O19/c1-35-43(33-62(78)55(84-57(76)41-22-16-11-17-23-41)53-60(7,44(70)32-45-61(53,34-80-45)85-38(4)69)54(74)51(81-37(3)68)49(35)59(62,5)6)82-58(77)52(50(39-18-12-9-13-19-39)66-56(75)40-20-14-10-15-21-40)83-48(73)27-26-47(72)65-42(36(2)67)24-25-46(71)64-29-31-79-30-28-63-8/h9-23,42-45,50-53,55,63,70,78H,24-34H2,1-8H3,(H,64,71)(H,65,72)(H,66,75)/t42?,43-,44-,45+,50-,51+,52+,53-,55-,60+,61-,62+/m0/s1. The summed E-state index contributed by atoms with van der Waals surface area (Å²) in [5, 5.41) is 37.3. The normalized spacial score (nSPS) is 26.5. The second kappa shape index (κ2) is 27.6. The summed E-state index contributed by atoms with van der Waals surface area (Å²) in [4.78, 5) is 139. The molecular weight excluding hydrogens is 1100 g/mol. The van der Waals surface area contributed by atoms with E-state index in [9.17, 15) is 48.6 Å². The van der Waals surface area contributed by atoms with E-state index in [1.807, 2.05) is 0 Å². The summed E-state index contributed by atoms with van der Waals surface area (Å²) < 4.78 is 42.3. The molecule has 1 unspecified atom stereocenters. The molecule has 2 bridgehead atoms. The summed E-state index contributed by atoms with van der Waals surface area (Å²) in [6.07, 6.45) is -12.9. The fraction of sp³-hybridized carbons (Fsp3) is 0.516. The lowest BCUT2D eigenvalue weighted by molar-refractivity contribution is -0.346. The number of rotatable bonds is 25. The van der Waals surface area contributed by atoms with E-state index in [2.05, 4.69) is 21.3 Å². The van der Waals surface area contributed by atoms with E-state index in [4.69, 9.17) is 33.2 Å². The zero-order valence-electron chi connectivity index (χ0n) is 49.0.